The molecule has 0 radical (unpaired) electrons. The summed E-state index contributed by atoms with van der Waals surface area (Å²) in [6.45, 7) is 6.82. The maximum Gasteiger partial charge on any atom is 0.138 e. The summed E-state index contributed by atoms with van der Waals surface area (Å²) in [4.78, 5) is 0. The van der Waals surface area contributed by atoms with Gasteiger partial charge in [0.15, 0.2) is 0 Å². The molecule has 0 amide bonds. The van der Waals surface area contributed by atoms with Crippen LogP contribution in [0.2, 0.25) is 0 Å². The Bertz CT molecular complexity index is 345. The van der Waals surface area contributed by atoms with Gasteiger partial charge in [-0.1, -0.05) is 5.16 Å². The van der Waals surface area contributed by atoms with Crippen LogP contribution < -0.4 is 5.32 Å². The lowest BCUT2D eigenvalue weighted by atomic mass is 10.1. The van der Waals surface area contributed by atoms with Crippen LogP contribution in [-0.4, -0.2) is 35.6 Å². The fourth-order valence-electron chi connectivity index (χ4n) is 2.21. The number of nitrogens with zero attached hydrogens (tertiary/aromatic N) is 1. The van der Waals surface area contributed by atoms with Crippen molar-refractivity contribution in [3.8, 4) is 0 Å². The third-order valence-corrected chi connectivity index (χ3v) is 3.04. The van der Waals surface area contributed by atoms with Crippen LogP contribution in [0.1, 0.15) is 30.0 Å². The Morgan fingerprint density at radius 1 is 1.44 bits per heavy atom. The number of rotatable bonds is 3. The number of aromatic nitrogens is 1. The molecule has 1 fully saturated rings. The molecule has 90 valence electrons. The first-order valence-electron chi connectivity index (χ1n) is 5.54. The van der Waals surface area contributed by atoms with Gasteiger partial charge in [0.25, 0.3) is 0 Å². The van der Waals surface area contributed by atoms with E-state index in [1.54, 1.807) is 0 Å². The molecule has 16 heavy (non-hydrogen) atoms. The lowest BCUT2D eigenvalue weighted by Crippen LogP contribution is -2.40. The highest BCUT2D eigenvalue weighted by atomic mass is 16.5. The van der Waals surface area contributed by atoms with Crippen molar-refractivity contribution >= 4 is 0 Å². The molecule has 0 bridgehead atoms. The molecule has 1 aromatic rings. The van der Waals surface area contributed by atoms with E-state index in [0.29, 0.717) is 13.2 Å². The molecular formula is C11H18N2O3. The number of hydrogen-bond donors (Lipinski definition) is 2. The highest BCUT2D eigenvalue weighted by molar-refractivity contribution is 5.24. The van der Waals surface area contributed by atoms with Crippen LogP contribution in [0, 0.1) is 13.8 Å². The quantitative estimate of drug-likeness (QED) is 0.794. The monoisotopic (exact) mass is 226 g/mol. The van der Waals surface area contributed by atoms with Crippen molar-refractivity contribution in [1.82, 2.24) is 10.5 Å². The second-order valence-corrected chi connectivity index (χ2v) is 4.34. The normalized spacial score (nSPS) is 27.2. The summed E-state index contributed by atoms with van der Waals surface area (Å²) in [6.07, 6.45) is -0.428. The van der Waals surface area contributed by atoms with Crippen LogP contribution in [0.4, 0.5) is 0 Å². The SMILES string of the molecule is Cc1noc(C)c1C(C)NC1COCC1O. The maximum absolute atomic E-state index is 9.65. The van der Waals surface area contributed by atoms with E-state index >= 15 is 0 Å². The van der Waals surface area contributed by atoms with Gasteiger partial charge in [-0.25, -0.2) is 0 Å². The fraction of sp³-hybridized carbons (Fsp3) is 0.727. The van der Waals surface area contributed by atoms with Crippen LogP contribution in [0.15, 0.2) is 4.52 Å². The van der Waals surface area contributed by atoms with Gasteiger partial charge in [0.05, 0.1) is 31.1 Å². The van der Waals surface area contributed by atoms with Gasteiger partial charge in [-0.3, -0.25) is 0 Å². The molecule has 1 aromatic heterocycles. The molecule has 5 heteroatoms. The van der Waals surface area contributed by atoms with E-state index in [0.717, 1.165) is 17.0 Å². The molecule has 1 aliphatic heterocycles. The maximum atomic E-state index is 9.65. The molecule has 5 nitrogen and oxygen atoms in total. The molecule has 1 saturated heterocycles. The molecule has 2 heterocycles. The molecule has 0 aromatic carbocycles. The Kier molecular flexibility index (Phi) is 3.28. The molecule has 1 aliphatic rings. The van der Waals surface area contributed by atoms with E-state index in [4.69, 9.17) is 9.26 Å². The predicted molar refractivity (Wildman–Crippen MR) is 58.1 cm³/mol. The summed E-state index contributed by atoms with van der Waals surface area (Å²) < 4.78 is 10.3. The van der Waals surface area contributed by atoms with Crippen molar-refractivity contribution in [1.29, 1.82) is 0 Å². The highest BCUT2D eigenvalue weighted by Crippen LogP contribution is 2.22. The van der Waals surface area contributed by atoms with Crippen LogP contribution >= 0.6 is 0 Å². The highest BCUT2D eigenvalue weighted by Gasteiger charge is 2.28. The Hall–Kier alpha value is -0.910. The van der Waals surface area contributed by atoms with Gasteiger partial charge < -0.3 is 19.7 Å². The average molecular weight is 226 g/mol. The summed E-state index contributed by atoms with van der Waals surface area (Å²) in [5.41, 5.74) is 1.96. The van der Waals surface area contributed by atoms with Gasteiger partial charge in [0, 0.05) is 11.6 Å². The van der Waals surface area contributed by atoms with Gasteiger partial charge in [-0.15, -0.1) is 0 Å². The Labute approximate surface area is 94.8 Å². The standard InChI is InChI=1S/C11H18N2O3/c1-6(11-7(2)13-16-8(11)3)12-9-4-15-5-10(9)14/h6,9-10,12,14H,4-5H2,1-3H3. The first-order valence-corrected chi connectivity index (χ1v) is 5.54. The minimum Gasteiger partial charge on any atom is -0.389 e. The molecule has 3 atom stereocenters. The number of aliphatic hydroxyl groups excluding tert-OH is 1. The van der Waals surface area contributed by atoms with Crippen molar-refractivity contribution in [3.63, 3.8) is 0 Å². The van der Waals surface area contributed by atoms with E-state index < -0.39 is 6.10 Å². The van der Waals surface area contributed by atoms with Crippen molar-refractivity contribution in [2.45, 2.75) is 39.0 Å². The summed E-state index contributed by atoms with van der Waals surface area (Å²) in [6, 6.07) is 0.0938. The zero-order chi connectivity index (χ0) is 11.7. The van der Waals surface area contributed by atoms with E-state index in [9.17, 15) is 5.11 Å². The average Bonchev–Trinajstić information content (AvgIpc) is 2.75. The molecule has 0 spiro atoms. The summed E-state index contributed by atoms with van der Waals surface area (Å²) in [5, 5.41) is 16.9. The smallest absolute Gasteiger partial charge is 0.138 e. The van der Waals surface area contributed by atoms with E-state index in [2.05, 4.69) is 10.5 Å². The van der Waals surface area contributed by atoms with Crippen LogP contribution in [-0.2, 0) is 4.74 Å². The zero-order valence-electron chi connectivity index (χ0n) is 9.86. The van der Waals surface area contributed by atoms with Gasteiger partial charge in [0.1, 0.15) is 5.76 Å². The Morgan fingerprint density at radius 3 is 2.69 bits per heavy atom. The van der Waals surface area contributed by atoms with E-state index in [1.165, 1.54) is 0 Å². The van der Waals surface area contributed by atoms with Crippen LogP contribution in [0.5, 0.6) is 0 Å². The predicted octanol–water partition coefficient (Wildman–Crippen LogP) is 0.702. The molecule has 2 N–H and O–H groups in total. The van der Waals surface area contributed by atoms with Gasteiger partial charge >= 0.3 is 0 Å². The summed E-state index contributed by atoms with van der Waals surface area (Å²) >= 11 is 0. The Morgan fingerprint density at radius 2 is 2.19 bits per heavy atom. The molecular weight excluding hydrogens is 208 g/mol. The van der Waals surface area contributed by atoms with Gasteiger partial charge in [-0.05, 0) is 20.8 Å². The van der Waals surface area contributed by atoms with Crippen molar-refractivity contribution < 1.29 is 14.4 Å². The largest absolute Gasteiger partial charge is 0.389 e. The van der Waals surface area contributed by atoms with Crippen molar-refractivity contribution in [2.24, 2.45) is 0 Å². The van der Waals surface area contributed by atoms with Crippen molar-refractivity contribution in [2.75, 3.05) is 13.2 Å². The molecule has 3 unspecified atom stereocenters. The zero-order valence-corrected chi connectivity index (χ0v) is 9.86. The minimum atomic E-state index is -0.428. The lowest BCUT2D eigenvalue weighted by molar-refractivity contribution is 0.121. The topological polar surface area (TPSA) is 67.5 Å². The number of aliphatic hydroxyl groups is 1. The first-order chi connectivity index (χ1) is 7.59. The molecule has 2 rings (SSSR count). The van der Waals surface area contributed by atoms with Crippen molar-refractivity contribution in [3.05, 3.63) is 17.0 Å². The van der Waals surface area contributed by atoms with E-state index in [-0.39, 0.29) is 12.1 Å². The second kappa shape index (κ2) is 4.53. The number of aryl methyl sites for hydroxylation is 2. The first kappa shape index (κ1) is 11.6. The third kappa shape index (κ3) is 2.11. The molecule has 0 aliphatic carbocycles. The van der Waals surface area contributed by atoms with Gasteiger partial charge in [-0.2, -0.15) is 0 Å². The van der Waals surface area contributed by atoms with Crippen LogP contribution in [0.25, 0.3) is 0 Å². The van der Waals surface area contributed by atoms with Gasteiger partial charge in [0.2, 0.25) is 0 Å². The number of ether oxygens (including phenoxy) is 1. The Balaban J connectivity index is 2.05. The van der Waals surface area contributed by atoms with E-state index in [1.807, 2.05) is 20.8 Å². The minimum absolute atomic E-state index is 0.0105. The number of nitrogens with one attached hydrogen (secondary N) is 1. The number of hydrogen-bond acceptors (Lipinski definition) is 5. The third-order valence-electron chi connectivity index (χ3n) is 3.04. The summed E-state index contributed by atoms with van der Waals surface area (Å²) in [7, 11) is 0. The van der Waals surface area contributed by atoms with Crippen LogP contribution in [0.3, 0.4) is 0 Å². The summed E-state index contributed by atoms with van der Waals surface area (Å²) in [5.74, 6) is 0.825. The molecule has 0 saturated carbocycles. The lowest BCUT2D eigenvalue weighted by Gasteiger charge is -2.20. The second-order valence-electron chi connectivity index (χ2n) is 4.34. The fourth-order valence-corrected chi connectivity index (χ4v) is 2.21.